The standard InChI is InChI=1S/C27H33O3S.CH2O3/c1-4-19-28-22-7-13-25(14-8-22)31(26-15-9-23(10-16-26)29-20-5-2)27-17-11-24(12-18-27)30-21-6-3;2-1(3)4/h7-18H,4-6,19-21H2,1-3H3;(H2,2,3,4)/q+1;/p-1. The molecule has 0 saturated carbocycles. The van der Waals surface area contributed by atoms with Gasteiger partial charge in [0, 0.05) is 0 Å². The summed E-state index contributed by atoms with van der Waals surface area (Å²) in [7, 11) is -0.223. The van der Waals surface area contributed by atoms with E-state index in [1.807, 2.05) is 0 Å². The van der Waals surface area contributed by atoms with Crippen LogP contribution in [0.25, 0.3) is 0 Å². The molecule has 0 aliphatic heterocycles. The molecule has 3 aromatic rings. The van der Waals surface area contributed by atoms with E-state index in [0.717, 1.165) is 56.3 Å². The van der Waals surface area contributed by atoms with Gasteiger partial charge < -0.3 is 29.2 Å². The van der Waals surface area contributed by atoms with Crippen molar-refractivity contribution >= 4 is 17.1 Å². The Kier molecular flexibility index (Phi) is 12.4. The van der Waals surface area contributed by atoms with E-state index in [1.165, 1.54) is 14.7 Å². The second kappa shape index (κ2) is 15.6. The van der Waals surface area contributed by atoms with Crippen LogP contribution in [0.1, 0.15) is 40.0 Å². The lowest BCUT2D eigenvalue weighted by Gasteiger charge is -2.11. The van der Waals surface area contributed by atoms with Gasteiger partial charge in [-0.3, -0.25) is 0 Å². The molecule has 0 aliphatic carbocycles. The summed E-state index contributed by atoms with van der Waals surface area (Å²) < 4.78 is 17.3. The summed E-state index contributed by atoms with van der Waals surface area (Å²) in [6.45, 7) is 8.57. The van der Waals surface area contributed by atoms with Gasteiger partial charge in [0.1, 0.15) is 17.2 Å². The Hall–Kier alpha value is -3.32. The van der Waals surface area contributed by atoms with E-state index in [4.69, 9.17) is 29.2 Å². The Bertz CT molecular complexity index is 861. The lowest BCUT2D eigenvalue weighted by Crippen LogP contribution is -2.17. The maximum absolute atomic E-state index is 8.44. The van der Waals surface area contributed by atoms with Gasteiger partial charge in [0.25, 0.3) is 0 Å². The van der Waals surface area contributed by atoms with Crippen LogP contribution in [0, 0.1) is 0 Å². The molecule has 0 spiro atoms. The zero-order valence-corrected chi connectivity index (χ0v) is 21.4. The Morgan fingerprint density at radius 2 is 0.857 bits per heavy atom. The van der Waals surface area contributed by atoms with Crippen LogP contribution in [0.15, 0.2) is 87.5 Å². The van der Waals surface area contributed by atoms with E-state index in [1.54, 1.807) is 0 Å². The van der Waals surface area contributed by atoms with Gasteiger partial charge in [-0.2, -0.15) is 0 Å². The fourth-order valence-corrected chi connectivity index (χ4v) is 5.13. The minimum Gasteiger partial charge on any atom is -0.565 e. The largest absolute Gasteiger partial charge is 0.565 e. The van der Waals surface area contributed by atoms with Crippen molar-refractivity contribution in [3.8, 4) is 17.2 Å². The molecule has 0 aliphatic rings. The van der Waals surface area contributed by atoms with Crippen molar-refractivity contribution in [3.63, 3.8) is 0 Å². The summed E-state index contributed by atoms with van der Waals surface area (Å²) in [5.41, 5.74) is 0. The van der Waals surface area contributed by atoms with Crippen molar-refractivity contribution < 1.29 is 29.2 Å². The van der Waals surface area contributed by atoms with Gasteiger partial charge >= 0.3 is 0 Å². The van der Waals surface area contributed by atoms with E-state index in [0.29, 0.717) is 0 Å². The highest BCUT2D eigenvalue weighted by atomic mass is 32.2. The average Bonchev–Trinajstić information content (AvgIpc) is 2.87. The lowest BCUT2D eigenvalue weighted by atomic mass is 10.3. The number of ether oxygens (including phenoxy) is 3. The van der Waals surface area contributed by atoms with Crippen molar-refractivity contribution in [3.05, 3.63) is 72.8 Å². The molecule has 0 atom stereocenters. The molecule has 0 amide bonds. The van der Waals surface area contributed by atoms with Gasteiger partial charge in [-0.25, -0.2) is 0 Å². The van der Waals surface area contributed by atoms with E-state index in [-0.39, 0.29) is 10.9 Å². The maximum atomic E-state index is 8.44. The molecule has 0 saturated heterocycles. The van der Waals surface area contributed by atoms with Crippen molar-refractivity contribution in [2.45, 2.75) is 54.7 Å². The summed E-state index contributed by atoms with van der Waals surface area (Å²) >= 11 is 0. The number of rotatable bonds is 12. The zero-order valence-electron chi connectivity index (χ0n) is 20.6. The Labute approximate surface area is 210 Å². The first kappa shape index (κ1) is 27.9. The van der Waals surface area contributed by atoms with Crippen LogP contribution in [0.2, 0.25) is 0 Å². The number of carboxylic acid groups (broad SMARTS) is 2. The number of hydrogen-bond donors (Lipinski definition) is 1. The lowest BCUT2D eigenvalue weighted by molar-refractivity contribution is -0.275. The Balaban J connectivity index is 0.00000100. The molecular formula is C28H34O6S. The SMILES string of the molecule is CCCOc1ccc([S+](c2ccc(OCCC)cc2)c2ccc(OCCC)cc2)cc1.O=C([O-])O. The van der Waals surface area contributed by atoms with Crippen LogP contribution in [0.5, 0.6) is 17.2 Å². The fraction of sp³-hybridized carbons (Fsp3) is 0.321. The second-order valence-electron chi connectivity index (χ2n) is 7.53. The molecule has 188 valence electrons. The molecule has 6 nitrogen and oxygen atoms in total. The molecule has 3 rings (SSSR count). The highest BCUT2D eigenvalue weighted by Crippen LogP contribution is 2.34. The molecule has 7 heteroatoms. The molecule has 0 bridgehead atoms. The number of carbonyl (C=O) groups is 1. The van der Waals surface area contributed by atoms with E-state index in [9.17, 15) is 0 Å². The predicted molar refractivity (Wildman–Crippen MR) is 137 cm³/mol. The van der Waals surface area contributed by atoms with Crippen LogP contribution in [-0.2, 0) is 10.9 Å². The average molecular weight is 499 g/mol. The van der Waals surface area contributed by atoms with Gasteiger partial charge in [-0.15, -0.1) is 0 Å². The summed E-state index contributed by atoms with van der Waals surface area (Å²) in [6.07, 6.45) is 0.932. The van der Waals surface area contributed by atoms with E-state index in [2.05, 4.69) is 93.6 Å². The third-order valence-corrected chi connectivity index (χ3v) is 6.83. The van der Waals surface area contributed by atoms with Gasteiger partial charge in [0.15, 0.2) is 14.7 Å². The summed E-state index contributed by atoms with van der Waals surface area (Å²) in [4.78, 5) is 12.2. The van der Waals surface area contributed by atoms with Crippen molar-refractivity contribution in [2.24, 2.45) is 0 Å². The molecule has 0 fully saturated rings. The highest BCUT2D eigenvalue weighted by molar-refractivity contribution is 7.97. The molecule has 0 heterocycles. The van der Waals surface area contributed by atoms with Gasteiger partial charge in [-0.05, 0) is 92.1 Å². The quantitative estimate of drug-likeness (QED) is 0.307. The Morgan fingerprint density at radius 1 is 0.629 bits per heavy atom. The molecular weight excluding hydrogens is 464 g/mol. The maximum Gasteiger partial charge on any atom is 0.249 e. The third kappa shape index (κ3) is 9.83. The molecule has 35 heavy (non-hydrogen) atoms. The van der Waals surface area contributed by atoms with Gasteiger partial charge in [0.05, 0.1) is 30.7 Å². The first-order valence-corrected chi connectivity index (χ1v) is 13.0. The minimum atomic E-state index is -2.08. The predicted octanol–water partition coefficient (Wildman–Crippen LogP) is 6.04. The van der Waals surface area contributed by atoms with Crippen LogP contribution in [0.3, 0.4) is 0 Å². The van der Waals surface area contributed by atoms with Crippen LogP contribution in [0.4, 0.5) is 4.79 Å². The third-order valence-electron chi connectivity index (χ3n) is 4.60. The molecule has 0 radical (unpaired) electrons. The van der Waals surface area contributed by atoms with Crippen LogP contribution in [-0.4, -0.2) is 31.1 Å². The molecule has 1 N–H and O–H groups in total. The number of benzene rings is 3. The van der Waals surface area contributed by atoms with Gasteiger partial charge in [0.2, 0.25) is 6.16 Å². The smallest absolute Gasteiger partial charge is 0.249 e. The highest BCUT2D eigenvalue weighted by Gasteiger charge is 2.29. The van der Waals surface area contributed by atoms with Crippen molar-refractivity contribution in [1.82, 2.24) is 0 Å². The molecule has 3 aromatic carbocycles. The fourth-order valence-electron chi connectivity index (χ4n) is 3.08. The molecule has 0 aromatic heterocycles. The Morgan fingerprint density at radius 3 is 1.06 bits per heavy atom. The molecule has 0 unspecified atom stereocenters. The van der Waals surface area contributed by atoms with Crippen LogP contribution < -0.4 is 19.3 Å². The second-order valence-corrected chi connectivity index (χ2v) is 9.56. The summed E-state index contributed by atoms with van der Waals surface area (Å²) in [6, 6.07) is 25.5. The zero-order chi connectivity index (χ0) is 25.5. The summed E-state index contributed by atoms with van der Waals surface area (Å²) in [5.74, 6) is 2.75. The van der Waals surface area contributed by atoms with Gasteiger partial charge in [-0.1, -0.05) is 20.8 Å². The van der Waals surface area contributed by atoms with Crippen molar-refractivity contribution in [2.75, 3.05) is 19.8 Å². The topological polar surface area (TPSA) is 88.1 Å². The summed E-state index contributed by atoms with van der Waals surface area (Å²) in [5, 5.41) is 15.3. The first-order valence-electron chi connectivity index (χ1n) is 11.8. The monoisotopic (exact) mass is 498 g/mol. The number of hydrogen-bond acceptors (Lipinski definition) is 5. The van der Waals surface area contributed by atoms with Crippen LogP contribution >= 0.6 is 0 Å². The van der Waals surface area contributed by atoms with E-state index >= 15 is 0 Å². The normalized spacial score (nSPS) is 10.3. The van der Waals surface area contributed by atoms with Crippen molar-refractivity contribution in [1.29, 1.82) is 0 Å². The first-order chi connectivity index (χ1) is 17.0. The minimum absolute atomic E-state index is 0.223. The van der Waals surface area contributed by atoms with E-state index < -0.39 is 6.16 Å².